The minimum Gasteiger partial charge on any atom is -0.492 e. The topological polar surface area (TPSA) is 91.5 Å². The van der Waals surface area contributed by atoms with E-state index in [9.17, 15) is 4.79 Å². The van der Waals surface area contributed by atoms with E-state index in [1.165, 1.54) is 0 Å². The molecule has 2 heterocycles. The van der Waals surface area contributed by atoms with E-state index in [0.29, 0.717) is 18.1 Å². The van der Waals surface area contributed by atoms with Crippen LogP contribution in [0.3, 0.4) is 0 Å². The van der Waals surface area contributed by atoms with E-state index in [4.69, 9.17) is 9.47 Å². The number of amides is 2. The van der Waals surface area contributed by atoms with E-state index in [-0.39, 0.29) is 11.4 Å². The Morgan fingerprint density at radius 2 is 1.88 bits per heavy atom. The molecule has 1 fully saturated rings. The monoisotopic (exact) mass is 437 g/mol. The molecule has 2 aromatic carbocycles. The molecule has 1 aliphatic heterocycles. The fourth-order valence-corrected chi connectivity index (χ4v) is 3.66. The summed E-state index contributed by atoms with van der Waals surface area (Å²) in [4.78, 5) is 14.9. The van der Waals surface area contributed by atoms with Crippen molar-refractivity contribution in [3.8, 4) is 5.75 Å². The van der Waals surface area contributed by atoms with Gasteiger partial charge in [0.1, 0.15) is 12.4 Å². The number of urea groups is 1. The van der Waals surface area contributed by atoms with Gasteiger partial charge in [-0.05, 0) is 12.1 Å². The molecule has 1 aliphatic rings. The van der Waals surface area contributed by atoms with Gasteiger partial charge in [0.05, 0.1) is 18.9 Å². The summed E-state index contributed by atoms with van der Waals surface area (Å²) in [5.74, 6) is 1.29. The highest BCUT2D eigenvalue weighted by Crippen LogP contribution is 2.32. The zero-order valence-corrected chi connectivity index (χ0v) is 18.9. The Hall–Kier alpha value is -3.10. The number of hydrogen-bond acceptors (Lipinski definition) is 5. The molecule has 3 N–H and O–H groups in total. The van der Waals surface area contributed by atoms with Gasteiger partial charge in [-0.1, -0.05) is 45.0 Å². The Kier molecular flexibility index (Phi) is 6.62. The van der Waals surface area contributed by atoms with Gasteiger partial charge >= 0.3 is 6.03 Å². The molecule has 3 aromatic rings. The number of hydrogen-bond donors (Lipinski definition) is 3. The maximum atomic E-state index is 12.6. The van der Waals surface area contributed by atoms with Crippen molar-refractivity contribution in [3.63, 3.8) is 0 Å². The lowest BCUT2D eigenvalue weighted by atomic mass is 9.92. The van der Waals surface area contributed by atoms with Crippen LogP contribution in [0.5, 0.6) is 5.75 Å². The van der Waals surface area contributed by atoms with Crippen molar-refractivity contribution in [1.29, 1.82) is 0 Å². The van der Waals surface area contributed by atoms with E-state index in [1.807, 2.05) is 42.5 Å². The average Bonchev–Trinajstić information content (AvgIpc) is 3.25. The lowest BCUT2D eigenvalue weighted by Gasteiger charge is -2.26. The second kappa shape index (κ2) is 9.58. The molecular weight excluding hydrogens is 406 g/mol. The van der Waals surface area contributed by atoms with Gasteiger partial charge in [0.2, 0.25) is 0 Å². The molecule has 1 saturated heterocycles. The number of nitrogens with one attached hydrogen (secondary N) is 3. The number of aromatic amines is 1. The minimum absolute atomic E-state index is 0.0722. The quantitative estimate of drug-likeness (QED) is 0.537. The third-order valence-electron chi connectivity index (χ3n) is 5.53. The number of ether oxygens (including phenoxy) is 2. The van der Waals surface area contributed by atoms with Crippen LogP contribution in [0.15, 0.2) is 42.5 Å². The van der Waals surface area contributed by atoms with Gasteiger partial charge in [0.15, 0.2) is 5.82 Å². The standard InChI is InChI=1S/C24H31N5O3/c1-24(2,3)21-16-22(28-27-21)26-23(30)25-19-8-9-20(18-7-5-4-6-17(18)19)32-15-12-29-10-13-31-14-11-29/h4-9,16H,10-15H2,1-3H3,(H3,25,26,27,28,30). The lowest BCUT2D eigenvalue weighted by Crippen LogP contribution is -2.38. The molecular formula is C24H31N5O3. The Morgan fingerprint density at radius 3 is 2.59 bits per heavy atom. The van der Waals surface area contributed by atoms with Gasteiger partial charge in [-0.2, -0.15) is 5.10 Å². The van der Waals surface area contributed by atoms with Crippen molar-refractivity contribution in [2.45, 2.75) is 26.2 Å². The highest BCUT2D eigenvalue weighted by Gasteiger charge is 2.18. The van der Waals surface area contributed by atoms with Gasteiger partial charge in [0.25, 0.3) is 0 Å². The third kappa shape index (κ3) is 5.38. The van der Waals surface area contributed by atoms with Gasteiger partial charge in [-0.3, -0.25) is 15.3 Å². The average molecular weight is 438 g/mol. The number of morpholine rings is 1. The van der Waals surface area contributed by atoms with Crippen molar-refractivity contribution in [3.05, 3.63) is 48.2 Å². The Balaban J connectivity index is 1.42. The zero-order valence-electron chi connectivity index (χ0n) is 18.9. The van der Waals surface area contributed by atoms with Gasteiger partial charge in [-0.25, -0.2) is 4.79 Å². The zero-order chi connectivity index (χ0) is 22.6. The summed E-state index contributed by atoms with van der Waals surface area (Å²) in [6.45, 7) is 11.2. The van der Waals surface area contributed by atoms with Crippen LogP contribution >= 0.6 is 0 Å². The number of H-pyrrole nitrogens is 1. The highest BCUT2D eigenvalue weighted by molar-refractivity contribution is 6.07. The summed E-state index contributed by atoms with van der Waals surface area (Å²) < 4.78 is 11.5. The summed E-state index contributed by atoms with van der Waals surface area (Å²) in [5.41, 5.74) is 1.60. The first kappa shape index (κ1) is 22.1. The number of rotatable bonds is 6. The molecule has 32 heavy (non-hydrogen) atoms. The Morgan fingerprint density at radius 1 is 1.12 bits per heavy atom. The number of anilines is 2. The molecule has 0 unspecified atom stereocenters. The van der Waals surface area contributed by atoms with E-state index >= 15 is 0 Å². The van der Waals surface area contributed by atoms with Crippen LogP contribution in [-0.2, 0) is 10.2 Å². The number of carbonyl (C=O) groups excluding carboxylic acids is 1. The molecule has 1 aromatic heterocycles. The van der Waals surface area contributed by atoms with E-state index in [1.54, 1.807) is 0 Å². The minimum atomic E-state index is -0.344. The second-order valence-corrected chi connectivity index (χ2v) is 8.96. The molecule has 8 nitrogen and oxygen atoms in total. The summed E-state index contributed by atoms with van der Waals surface area (Å²) in [6.07, 6.45) is 0. The molecule has 8 heteroatoms. The van der Waals surface area contributed by atoms with Crippen LogP contribution in [0.1, 0.15) is 26.5 Å². The van der Waals surface area contributed by atoms with Crippen molar-refractivity contribution >= 4 is 28.3 Å². The summed E-state index contributed by atoms with van der Waals surface area (Å²) in [6, 6.07) is 13.2. The second-order valence-electron chi connectivity index (χ2n) is 8.96. The van der Waals surface area contributed by atoms with Crippen molar-refractivity contribution in [2.24, 2.45) is 0 Å². The molecule has 0 atom stereocenters. The normalized spacial score (nSPS) is 15.0. The van der Waals surface area contributed by atoms with E-state index in [2.05, 4.69) is 46.5 Å². The fourth-order valence-electron chi connectivity index (χ4n) is 3.66. The van der Waals surface area contributed by atoms with Crippen LogP contribution in [0, 0.1) is 0 Å². The molecule has 2 amide bonds. The SMILES string of the molecule is CC(C)(C)c1cc(NC(=O)Nc2ccc(OCCN3CCOCC3)c3ccccc23)n[nH]1. The molecule has 0 aliphatic carbocycles. The van der Waals surface area contributed by atoms with Gasteiger partial charge in [0, 0.05) is 47.6 Å². The maximum absolute atomic E-state index is 12.6. The molecule has 4 rings (SSSR count). The first-order valence-electron chi connectivity index (χ1n) is 11.0. The number of benzene rings is 2. The molecule has 170 valence electrons. The van der Waals surface area contributed by atoms with Crippen LogP contribution in [0.2, 0.25) is 0 Å². The largest absolute Gasteiger partial charge is 0.492 e. The first-order chi connectivity index (χ1) is 15.4. The highest BCUT2D eigenvalue weighted by atomic mass is 16.5. The predicted molar refractivity (Wildman–Crippen MR) is 127 cm³/mol. The third-order valence-corrected chi connectivity index (χ3v) is 5.53. The number of nitrogens with zero attached hydrogens (tertiary/aromatic N) is 2. The molecule has 0 saturated carbocycles. The predicted octanol–water partition coefficient (Wildman–Crippen LogP) is 4.22. The maximum Gasteiger partial charge on any atom is 0.324 e. The number of aromatic nitrogens is 2. The summed E-state index contributed by atoms with van der Waals surface area (Å²) >= 11 is 0. The van der Waals surface area contributed by atoms with Crippen LogP contribution in [0.25, 0.3) is 10.8 Å². The first-order valence-corrected chi connectivity index (χ1v) is 11.0. The van der Waals surface area contributed by atoms with E-state index < -0.39 is 0 Å². The van der Waals surface area contributed by atoms with Crippen molar-refractivity contribution < 1.29 is 14.3 Å². The van der Waals surface area contributed by atoms with Gasteiger partial charge < -0.3 is 14.8 Å². The smallest absolute Gasteiger partial charge is 0.324 e. The Bertz CT molecular complexity index is 1070. The van der Waals surface area contributed by atoms with E-state index in [0.717, 1.165) is 55.1 Å². The lowest BCUT2D eigenvalue weighted by molar-refractivity contribution is 0.0323. The van der Waals surface area contributed by atoms with Crippen molar-refractivity contribution in [1.82, 2.24) is 15.1 Å². The Labute approximate surface area is 188 Å². The molecule has 0 spiro atoms. The fraction of sp³-hybridized carbons (Fsp3) is 0.417. The molecule has 0 bridgehead atoms. The van der Waals surface area contributed by atoms with Crippen LogP contribution in [-0.4, -0.2) is 60.6 Å². The number of carbonyl (C=O) groups is 1. The van der Waals surface area contributed by atoms with Gasteiger partial charge in [-0.15, -0.1) is 0 Å². The molecule has 0 radical (unpaired) electrons. The summed E-state index contributed by atoms with van der Waals surface area (Å²) in [7, 11) is 0. The number of fused-ring (bicyclic) bond motifs is 1. The van der Waals surface area contributed by atoms with Crippen LogP contribution in [0.4, 0.5) is 16.3 Å². The van der Waals surface area contributed by atoms with Crippen LogP contribution < -0.4 is 15.4 Å². The summed E-state index contributed by atoms with van der Waals surface area (Å²) in [5, 5.41) is 14.8. The van der Waals surface area contributed by atoms with Crippen molar-refractivity contribution in [2.75, 3.05) is 50.1 Å².